The van der Waals surface area contributed by atoms with E-state index in [1.165, 1.54) is 4.57 Å². The van der Waals surface area contributed by atoms with Crippen molar-refractivity contribution < 1.29 is 0 Å². The average molecular weight is 251 g/mol. The second-order valence-corrected chi connectivity index (χ2v) is 4.23. The van der Waals surface area contributed by atoms with Crippen molar-refractivity contribution >= 4 is 5.82 Å². The monoisotopic (exact) mass is 251 g/mol. The lowest BCUT2D eigenvalue weighted by molar-refractivity contribution is 0.996. The Hall–Kier alpha value is -2.75. The van der Waals surface area contributed by atoms with Crippen molar-refractivity contribution in [3.8, 4) is 16.9 Å². The molecule has 0 fully saturated rings. The number of aromatic amines is 1. The average Bonchev–Trinajstić information content (AvgIpc) is 2.76. The molecule has 4 heteroatoms. The maximum Gasteiger partial charge on any atom is 0.332 e. The predicted molar refractivity (Wildman–Crippen MR) is 76.2 cm³/mol. The Labute approximate surface area is 110 Å². The molecule has 0 bridgehead atoms. The Morgan fingerprint density at radius 2 is 1.47 bits per heavy atom. The molecule has 1 heterocycles. The molecule has 0 aliphatic rings. The number of hydrogen-bond acceptors (Lipinski definition) is 2. The zero-order chi connectivity index (χ0) is 13.2. The van der Waals surface area contributed by atoms with Gasteiger partial charge < -0.3 is 10.7 Å². The molecule has 0 aliphatic carbocycles. The van der Waals surface area contributed by atoms with Gasteiger partial charge in [0.15, 0.2) is 0 Å². The van der Waals surface area contributed by atoms with Crippen molar-refractivity contribution in [1.82, 2.24) is 9.55 Å². The Kier molecular flexibility index (Phi) is 2.68. The molecule has 3 aromatic rings. The summed E-state index contributed by atoms with van der Waals surface area (Å²) in [5, 5.41) is 0. The lowest BCUT2D eigenvalue weighted by Crippen LogP contribution is -2.16. The van der Waals surface area contributed by atoms with Crippen LogP contribution in [-0.4, -0.2) is 9.55 Å². The molecule has 0 atom stereocenters. The Morgan fingerprint density at radius 1 is 0.895 bits per heavy atom. The Bertz CT molecular complexity index is 742. The fourth-order valence-electron chi connectivity index (χ4n) is 2.11. The van der Waals surface area contributed by atoms with Crippen LogP contribution in [0.1, 0.15) is 0 Å². The number of imidazole rings is 1. The van der Waals surface area contributed by atoms with Crippen LogP contribution in [0.2, 0.25) is 0 Å². The van der Waals surface area contributed by atoms with Gasteiger partial charge in [-0.2, -0.15) is 0 Å². The Balaban J connectivity index is 2.20. The molecular weight excluding hydrogens is 238 g/mol. The molecular formula is C15H13N3O. The summed E-state index contributed by atoms with van der Waals surface area (Å²) in [5.41, 5.74) is 8.16. The highest BCUT2D eigenvalue weighted by atomic mass is 16.1. The van der Waals surface area contributed by atoms with Crippen LogP contribution in [0.25, 0.3) is 16.9 Å². The topological polar surface area (TPSA) is 63.8 Å². The quantitative estimate of drug-likeness (QED) is 0.734. The van der Waals surface area contributed by atoms with E-state index in [0.29, 0.717) is 11.5 Å². The van der Waals surface area contributed by atoms with Crippen LogP contribution in [0.4, 0.5) is 5.82 Å². The van der Waals surface area contributed by atoms with E-state index in [0.717, 1.165) is 11.3 Å². The van der Waals surface area contributed by atoms with Crippen LogP contribution in [0.3, 0.4) is 0 Å². The number of hydrogen-bond donors (Lipinski definition) is 2. The second-order valence-electron chi connectivity index (χ2n) is 4.23. The summed E-state index contributed by atoms with van der Waals surface area (Å²) in [7, 11) is 0. The molecule has 0 radical (unpaired) electrons. The molecule has 4 nitrogen and oxygen atoms in total. The van der Waals surface area contributed by atoms with Gasteiger partial charge in [0, 0.05) is 5.56 Å². The zero-order valence-electron chi connectivity index (χ0n) is 10.2. The van der Waals surface area contributed by atoms with E-state index in [1.54, 1.807) is 0 Å². The molecule has 0 amide bonds. The highest BCUT2D eigenvalue weighted by Gasteiger charge is 2.13. The number of nitrogens with two attached hydrogens (primary N) is 1. The SMILES string of the molecule is Nc1c(-c2ccccc2)[nH]c(=O)n1-c1ccccc1. The van der Waals surface area contributed by atoms with Crippen LogP contribution < -0.4 is 11.4 Å². The Morgan fingerprint density at radius 3 is 2.11 bits per heavy atom. The van der Waals surface area contributed by atoms with Gasteiger partial charge in [0.2, 0.25) is 0 Å². The summed E-state index contributed by atoms with van der Waals surface area (Å²) in [5.74, 6) is 0.419. The van der Waals surface area contributed by atoms with Crippen molar-refractivity contribution in [3.63, 3.8) is 0 Å². The number of nitrogens with zero attached hydrogens (tertiary/aromatic N) is 1. The highest BCUT2D eigenvalue weighted by Crippen LogP contribution is 2.24. The number of nitrogens with one attached hydrogen (secondary N) is 1. The fraction of sp³-hybridized carbons (Fsp3) is 0. The molecule has 0 saturated heterocycles. The minimum absolute atomic E-state index is 0.234. The third kappa shape index (κ3) is 1.93. The lowest BCUT2D eigenvalue weighted by Gasteiger charge is -2.04. The first-order valence-electron chi connectivity index (χ1n) is 5.98. The highest BCUT2D eigenvalue weighted by molar-refractivity contribution is 5.71. The minimum Gasteiger partial charge on any atom is -0.383 e. The molecule has 3 N–H and O–H groups in total. The molecule has 2 aromatic carbocycles. The normalized spacial score (nSPS) is 10.5. The summed E-state index contributed by atoms with van der Waals surface area (Å²) in [4.78, 5) is 14.9. The summed E-state index contributed by atoms with van der Waals surface area (Å²) >= 11 is 0. The van der Waals surface area contributed by atoms with Gasteiger partial charge in [0.05, 0.1) is 11.4 Å². The van der Waals surface area contributed by atoms with E-state index in [2.05, 4.69) is 4.98 Å². The third-order valence-electron chi connectivity index (χ3n) is 3.01. The smallest absolute Gasteiger partial charge is 0.332 e. The van der Waals surface area contributed by atoms with Crippen molar-refractivity contribution in [2.75, 3.05) is 5.73 Å². The van der Waals surface area contributed by atoms with Crippen LogP contribution in [0.15, 0.2) is 65.5 Å². The zero-order valence-corrected chi connectivity index (χ0v) is 10.2. The van der Waals surface area contributed by atoms with E-state index >= 15 is 0 Å². The van der Waals surface area contributed by atoms with Gasteiger partial charge in [-0.25, -0.2) is 9.36 Å². The van der Waals surface area contributed by atoms with Gasteiger partial charge in [0.25, 0.3) is 0 Å². The summed E-state index contributed by atoms with van der Waals surface area (Å²) in [6.07, 6.45) is 0. The standard InChI is InChI=1S/C15H13N3O/c16-14-13(11-7-3-1-4-8-11)17-15(19)18(14)12-9-5-2-6-10-12/h1-10H,16H2,(H,17,19). The predicted octanol–water partition coefficient (Wildman–Crippen LogP) is 2.41. The largest absolute Gasteiger partial charge is 0.383 e. The summed E-state index contributed by atoms with van der Waals surface area (Å²) < 4.78 is 1.47. The molecule has 0 saturated carbocycles. The second kappa shape index (κ2) is 4.49. The maximum atomic E-state index is 12.1. The van der Waals surface area contributed by atoms with Crippen molar-refractivity contribution in [2.24, 2.45) is 0 Å². The first-order chi connectivity index (χ1) is 9.27. The van der Waals surface area contributed by atoms with Gasteiger partial charge in [-0.05, 0) is 12.1 Å². The van der Waals surface area contributed by atoms with E-state index < -0.39 is 0 Å². The van der Waals surface area contributed by atoms with Crippen LogP contribution in [-0.2, 0) is 0 Å². The molecule has 0 spiro atoms. The lowest BCUT2D eigenvalue weighted by atomic mass is 10.1. The van der Waals surface area contributed by atoms with Crippen molar-refractivity contribution in [2.45, 2.75) is 0 Å². The molecule has 19 heavy (non-hydrogen) atoms. The minimum atomic E-state index is -0.234. The number of aromatic nitrogens is 2. The first-order valence-corrected chi connectivity index (χ1v) is 5.98. The fourth-order valence-corrected chi connectivity index (χ4v) is 2.11. The third-order valence-corrected chi connectivity index (χ3v) is 3.01. The molecule has 1 aromatic heterocycles. The maximum absolute atomic E-state index is 12.1. The van der Waals surface area contributed by atoms with Gasteiger partial charge >= 0.3 is 5.69 Å². The van der Waals surface area contributed by atoms with Gasteiger partial charge in [-0.15, -0.1) is 0 Å². The van der Waals surface area contributed by atoms with E-state index in [9.17, 15) is 4.79 Å². The number of H-pyrrole nitrogens is 1. The van der Waals surface area contributed by atoms with E-state index in [1.807, 2.05) is 60.7 Å². The van der Waals surface area contributed by atoms with Crippen LogP contribution in [0.5, 0.6) is 0 Å². The van der Waals surface area contributed by atoms with Crippen molar-refractivity contribution in [1.29, 1.82) is 0 Å². The van der Waals surface area contributed by atoms with Gasteiger partial charge in [-0.1, -0.05) is 48.5 Å². The molecule has 0 aliphatic heterocycles. The molecule has 94 valence electrons. The number of rotatable bonds is 2. The van der Waals surface area contributed by atoms with Gasteiger partial charge in [0.1, 0.15) is 5.82 Å². The summed E-state index contributed by atoms with van der Waals surface area (Å²) in [6.45, 7) is 0. The van der Waals surface area contributed by atoms with Crippen molar-refractivity contribution in [3.05, 3.63) is 71.1 Å². The van der Waals surface area contributed by atoms with E-state index in [4.69, 9.17) is 5.73 Å². The van der Waals surface area contributed by atoms with E-state index in [-0.39, 0.29) is 5.69 Å². The molecule has 3 rings (SSSR count). The van der Waals surface area contributed by atoms with Crippen LogP contribution in [0, 0.1) is 0 Å². The van der Waals surface area contributed by atoms with Gasteiger partial charge in [-0.3, -0.25) is 0 Å². The van der Waals surface area contributed by atoms with Crippen LogP contribution >= 0.6 is 0 Å². The summed E-state index contributed by atoms with van der Waals surface area (Å²) in [6, 6.07) is 18.9. The number of benzene rings is 2. The number of anilines is 1. The molecule has 0 unspecified atom stereocenters. The first kappa shape index (κ1) is 11.3. The number of nitrogen functional groups attached to an aromatic ring is 1. The number of para-hydroxylation sites is 1.